The van der Waals surface area contributed by atoms with Crippen LogP contribution in [0, 0.1) is 17.8 Å². The molecule has 0 aromatic heterocycles. The van der Waals surface area contributed by atoms with Gasteiger partial charge < -0.3 is 9.47 Å². The van der Waals surface area contributed by atoms with Crippen molar-refractivity contribution in [2.75, 3.05) is 0 Å². The van der Waals surface area contributed by atoms with Crippen LogP contribution >= 0.6 is 0 Å². The van der Waals surface area contributed by atoms with Crippen LogP contribution in [0.5, 0.6) is 0 Å². The lowest BCUT2D eigenvalue weighted by Crippen LogP contribution is -2.41. The van der Waals surface area contributed by atoms with Gasteiger partial charge in [0.1, 0.15) is 6.10 Å². The van der Waals surface area contributed by atoms with E-state index in [2.05, 4.69) is 6.58 Å². The van der Waals surface area contributed by atoms with Crippen LogP contribution in [0.15, 0.2) is 12.2 Å². The molecule has 2 bridgehead atoms. The van der Waals surface area contributed by atoms with Crippen molar-refractivity contribution < 1.29 is 19.1 Å². The average molecular weight is 250 g/mol. The number of fused-ring (bicyclic) bond motifs is 5. The van der Waals surface area contributed by atoms with Crippen molar-refractivity contribution in [3.63, 3.8) is 0 Å². The molecule has 0 spiro atoms. The molecule has 0 aromatic carbocycles. The molecule has 1 saturated heterocycles. The molecule has 4 heteroatoms. The fourth-order valence-electron chi connectivity index (χ4n) is 3.85. The van der Waals surface area contributed by atoms with E-state index in [1.165, 1.54) is 6.42 Å². The normalized spacial score (nSPS) is 41.2. The molecule has 3 rings (SSSR count). The maximum Gasteiger partial charge on any atom is 0.348 e. The Balaban J connectivity index is 1.79. The zero-order chi connectivity index (χ0) is 12.9. The molecule has 0 aromatic rings. The summed E-state index contributed by atoms with van der Waals surface area (Å²) in [5.41, 5.74) is 0.325. The second-order valence-corrected chi connectivity index (χ2v) is 5.74. The van der Waals surface area contributed by atoms with Crippen LogP contribution in [-0.4, -0.2) is 24.1 Å². The molecule has 3 fully saturated rings. The number of esters is 2. The lowest BCUT2D eigenvalue weighted by molar-refractivity contribution is -0.179. The van der Waals surface area contributed by atoms with Crippen molar-refractivity contribution in [1.29, 1.82) is 0 Å². The Morgan fingerprint density at radius 2 is 2.06 bits per heavy atom. The highest BCUT2D eigenvalue weighted by atomic mass is 16.6. The predicted molar refractivity (Wildman–Crippen MR) is 63.5 cm³/mol. The summed E-state index contributed by atoms with van der Waals surface area (Å²) in [6, 6.07) is 0. The third-order valence-corrected chi connectivity index (χ3v) is 4.63. The number of hydrogen-bond acceptors (Lipinski definition) is 4. The van der Waals surface area contributed by atoms with Crippen LogP contribution in [-0.2, 0) is 19.1 Å². The first-order chi connectivity index (χ1) is 8.58. The standard InChI is InChI=1S/C14H18O4/c1-7(2)13(15)18-12-10-6-11(17-14(12)16)9-5-3-4-8(9)10/h8-12H,1,3-6H2,2H3. The average Bonchev–Trinajstić information content (AvgIpc) is 2.87. The van der Waals surface area contributed by atoms with E-state index in [4.69, 9.17) is 9.47 Å². The molecule has 0 N–H and O–H groups in total. The maximum absolute atomic E-state index is 11.9. The van der Waals surface area contributed by atoms with Gasteiger partial charge in [0.2, 0.25) is 6.10 Å². The maximum atomic E-state index is 11.9. The van der Waals surface area contributed by atoms with Gasteiger partial charge in [0.15, 0.2) is 0 Å². The van der Waals surface area contributed by atoms with Crippen LogP contribution in [0.4, 0.5) is 0 Å². The molecule has 5 unspecified atom stereocenters. The Bertz CT molecular complexity index is 414. The first kappa shape index (κ1) is 11.8. The van der Waals surface area contributed by atoms with Gasteiger partial charge in [-0.2, -0.15) is 0 Å². The van der Waals surface area contributed by atoms with Crippen molar-refractivity contribution >= 4 is 11.9 Å². The third-order valence-electron chi connectivity index (χ3n) is 4.63. The Labute approximate surface area is 106 Å². The summed E-state index contributed by atoms with van der Waals surface area (Å²) < 4.78 is 10.7. The summed E-state index contributed by atoms with van der Waals surface area (Å²) in [5.74, 6) is 0.293. The van der Waals surface area contributed by atoms with E-state index in [1.54, 1.807) is 6.92 Å². The first-order valence-electron chi connectivity index (χ1n) is 6.65. The highest BCUT2D eigenvalue weighted by Gasteiger charge is 2.56. The number of carbonyl (C=O) groups excluding carboxylic acids is 2. The Hall–Kier alpha value is -1.32. The molecule has 0 radical (unpaired) electrons. The summed E-state index contributed by atoms with van der Waals surface area (Å²) in [7, 11) is 0. The van der Waals surface area contributed by atoms with Crippen LogP contribution in [0.3, 0.4) is 0 Å². The van der Waals surface area contributed by atoms with Crippen molar-refractivity contribution in [2.24, 2.45) is 17.8 Å². The number of ether oxygens (including phenoxy) is 2. The topological polar surface area (TPSA) is 52.6 Å². The fourth-order valence-corrected chi connectivity index (χ4v) is 3.85. The van der Waals surface area contributed by atoms with Gasteiger partial charge in [0, 0.05) is 11.5 Å². The summed E-state index contributed by atoms with van der Waals surface area (Å²) in [6.45, 7) is 5.14. The van der Waals surface area contributed by atoms with E-state index in [9.17, 15) is 9.59 Å². The second-order valence-electron chi connectivity index (χ2n) is 5.74. The van der Waals surface area contributed by atoms with Crippen LogP contribution in [0.2, 0.25) is 0 Å². The molecule has 1 aliphatic heterocycles. The molecule has 1 heterocycles. The molecule has 0 amide bonds. The minimum atomic E-state index is -0.710. The summed E-state index contributed by atoms with van der Waals surface area (Å²) in [4.78, 5) is 23.5. The third kappa shape index (κ3) is 1.66. The molecule has 3 aliphatic rings. The monoisotopic (exact) mass is 250 g/mol. The molecule has 2 saturated carbocycles. The number of rotatable bonds is 2. The lowest BCUT2D eigenvalue weighted by Gasteiger charge is -2.29. The van der Waals surface area contributed by atoms with E-state index >= 15 is 0 Å². The van der Waals surface area contributed by atoms with E-state index in [-0.39, 0.29) is 18.0 Å². The van der Waals surface area contributed by atoms with Crippen LogP contribution < -0.4 is 0 Å². The largest absolute Gasteiger partial charge is 0.459 e. The predicted octanol–water partition coefficient (Wildman–Crippen LogP) is 1.84. The lowest BCUT2D eigenvalue weighted by atomic mass is 9.88. The van der Waals surface area contributed by atoms with E-state index in [0.717, 1.165) is 19.3 Å². The zero-order valence-corrected chi connectivity index (χ0v) is 10.6. The van der Waals surface area contributed by atoms with Gasteiger partial charge in [-0.1, -0.05) is 13.0 Å². The number of hydrogen-bond donors (Lipinski definition) is 0. The summed E-state index contributed by atoms with van der Waals surface area (Å²) >= 11 is 0. The zero-order valence-electron chi connectivity index (χ0n) is 10.6. The SMILES string of the molecule is C=C(C)C(=O)OC1C(=O)OC2CC1C1CCCC21. The minimum Gasteiger partial charge on any atom is -0.459 e. The van der Waals surface area contributed by atoms with Crippen LogP contribution in [0.1, 0.15) is 32.6 Å². The second kappa shape index (κ2) is 4.11. The molecular formula is C14H18O4. The highest BCUT2D eigenvalue weighted by Crippen LogP contribution is 2.53. The molecular weight excluding hydrogens is 232 g/mol. The van der Waals surface area contributed by atoms with Crippen molar-refractivity contribution in [3.8, 4) is 0 Å². The van der Waals surface area contributed by atoms with Gasteiger partial charge >= 0.3 is 11.9 Å². The molecule has 4 nitrogen and oxygen atoms in total. The minimum absolute atomic E-state index is 0.0646. The van der Waals surface area contributed by atoms with Crippen molar-refractivity contribution in [2.45, 2.75) is 44.8 Å². The van der Waals surface area contributed by atoms with Gasteiger partial charge in [-0.3, -0.25) is 0 Å². The smallest absolute Gasteiger partial charge is 0.348 e. The quantitative estimate of drug-likeness (QED) is 0.554. The van der Waals surface area contributed by atoms with Crippen molar-refractivity contribution in [3.05, 3.63) is 12.2 Å². The van der Waals surface area contributed by atoms with E-state index in [1.807, 2.05) is 0 Å². The molecule has 18 heavy (non-hydrogen) atoms. The van der Waals surface area contributed by atoms with Gasteiger partial charge in [0.25, 0.3) is 0 Å². The van der Waals surface area contributed by atoms with Crippen LogP contribution in [0.25, 0.3) is 0 Å². The Kier molecular flexibility index (Phi) is 2.68. The molecule has 2 aliphatic carbocycles. The van der Waals surface area contributed by atoms with Gasteiger partial charge in [-0.15, -0.1) is 0 Å². The van der Waals surface area contributed by atoms with Gasteiger partial charge in [0.05, 0.1) is 0 Å². The Morgan fingerprint density at radius 3 is 2.78 bits per heavy atom. The Morgan fingerprint density at radius 1 is 1.33 bits per heavy atom. The highest BCUT2D eigenvalue weighted by molar-refractivity contribution is 5.89. The fraction of sp³-hybridized carbons (Fsp3) is 0.714. The first-order valence-corrected chi connectivity index (χ1v) is 6.65. The van der Waals surface area contributed by atoms with E-state index < -0.39 is 12.1 Å². The van der Waals surface area contributed by atoms with Gasteiger partial charge in [-0.25, -0.2) is 9.59 Å². The summed E-state index contributed by atoms with van der Waals surface area (Å²) in [5, 5.41) is 0. The van der Waals surface area contributed by atoms with Crippen molar-refractivity contribution in [1.82, 2.24) is 0 Å². The van der Waals surface area contributed by atoms with Gasteiger partial charge in [-0.05, 0) is 38.0 Å². The molecule has 98 valence electrons. The molecule has 5 atom stereocenters. The summed E-state index contributed by atoms with van der Waals surface area (Å²) in [6.07, 6.45) is 3.67. The number of carbonyl (C=O) groups is 2. The van der Waals surface area contributed by atoms with E-state index in [0.29, 0.717) is 17.4 Å².